The molecule has 0 saturated carbocycles. The van der Waals surface area contributed by atoms with Crippen LogP contribution in [0.5, 0.6) is 5.88 Å². The summed E-state index contributed by atoms with van der Waals surface area (Å²) < 4.78 is 5.50. The number of halogens is 1. The first-order valence-corrected chi connectivity index (χ1v) is 6.72. The lowest BCUT2D eigenvalue weighted by molar-refractivity contribution is 0.297. The molecule has 19 heavy (non-hydrogen) atoms. The molecule has 1 heterocycles. The molecular weight excluding hydrogens is 260 g/mol. The van der Waals surface area contributed by atoms with E-state index in [0.717, 1.165) is 19.5 Å². The van der Waals surface area contributed by atoms with Gasteiger partial charge in [-0.1, -0.05) is 48.0 Å². The number of rotatable bonds is 7. The fraction of sp³-hybridized carbons (Fsp3) is 0.267. The maximum absolute atomic E-state index is 5.77. The molecule has 2 aromatic rings. The van der Waals surface area contributed by atoms with Gasteiger partial charge in [-0.25, -0.2) is 4.98 Å². The average Bonchev–Trinajstić information content (AvgIpc) is 2.44. The van der Waals surface area contributed by atoms with Crippen molar-refractivity contribution < 1.29 is 4.74 Å². The molecular formula is C15H17ClN2O. The Morgan fingerprint density at radius 1 is 1.05 bits per heavy atom. The minimum absolute atomic E-state index is 0.458. The topological polar surface area (TPSA) is 34.1 Å². The molecule has 100 valence electrons. The van der Waals surface area contributed by atoms with E-state index < -0.39 is 0 Å². The Morgan fingerprint density at radius 2 is 1.89 bits per heavy atom. The smallest absolute Gasteiger partial charge is 0.214 e. The number of hydrogen-bond donors (Lipinski definition) is 1. The highest BCUT2D eigenvalue weighted by Gasteiger charge is 1.96. The first-order chi connectivity index (χ1) is 9.34. The van der Waals surface area contributed by atoms with Gasteiger partial charge in [0.25, 0.3) is 0 Å². The Hall–Kier alpha value is -1.58. The van der Waals surface area contributed by atoms with Crippen LogP contribution in [0.4, 0.5) is 0 Å². The summed E-state index contributed by atoms with van der Waals surface area (Å²) in [7, 11) is 0. The molecule has 1 aromatic heterocycles. The van der Waals surface area contributed by atoms with Crippen molar-refractivity contribution >= 4 is 11.6 Å². The summed E-state index contributed by atoms with van der Waals surface area (Å²) in [6.07, 6.45) is 0.932. The van der Waals surface area contributed by atoms with Crippen LogP contribution in [0, 0.1) is 0 Å². The molecule has 0 spiro atoms. The van der Waals surface area contributed by atoms with Gasteiger partial charge in [-0.05, 0) is 24.6 Å². The highest BCUT2D eigenvalue weighted by molar-refractivity contribution is 6.29. The zero-order valence-corrected chi connectivity index (χ0v) is 11.4. The van der Waals surface area contributed by atoms with Crippen LogP contribution in [0.1, 0.15) is 12.0 Å². The Labute approximate surface area is 118 Å². The summed E-state index contributed by atoms with van der Waals surface area (Å²) in [6.45, 7) is 2.43. The van der Waals surface area contributed by atoms with E-state index in [1.807, 2.05) is 30.3 Å². The fourth-order valence-electron chi connectivity index (χ4n) is 1.67. The molecule has 3 nitrogen and oxygen atoms in total. The largest absolute Gasteiger partial charge is 0.478 e. The molecule has 4 heteroatoms. The van der Waals surface area contributed by atoms with Crippen LogP contribution in [-0.2, 0) is 6.54 Å². The molecule has 0 radical (unpaired) electrons. The van der Waals surface area contributed by atoms with E-state index >= 15 is 0 Å². The van der Waals surface area contributed by atoms with Crippen molar-refractivity contribution in [1.29, 1.82) is 0 Å². The van der Waals surface area contributed by atoms with E-state index in [2.05, 4.69) is 22.4 Å². The Balaban J connectivity index is 1.58. The van der Waals surface area contributed by atoms with Crippen LogP contribution in [0.25, 0.3) is 0 Å². The number of benzene rings is 1. The highest BCUT2D eigenvalue weighted by Crippen LogP contribution is 2.11. The van der Waals surface area contributed by atoms with Crippen LogP contribution in [-0.4, -0.2) is 18.1 Å². The van der Waals surface area contributed by atoms with Crippen LogP contribution >= 0.6 is 11.6 Å². The summed E-state index contributed by atoms with van der Waals surface area (Å²) in [5.74, 6) is 0.579. The van der Waals surface area contributed by atoms with E-state index in [4.69, 9.17) is 16.3 Å². The zero-order valence-electron chi connectivity index (χ0n) is 10.7. The average molecular weight is 277 g/mol. The van der Waals surface area contributed by atoms with Crippen LogP contribution in [0.2, 0.25) is 5.15 Å². The Bertz CT molecular complexity index is 491. The maximum atomic E-state index is 5.77. The Morgan fingerprint density at radius 3 is 2.68 bits per heavy atom. The molecule has 0 amide bonds. The van der Waals surface area contributed by atoms with E-state index in [1.54, 1.807) is 6.07 Å². The zero-order chi connectivity index (χ0) is 13.3. The first kappa shape index (κ1) is 13.8. The number of pyridine rings is 1. The van der Waals surface area contributed by atoms with Gasteiger partial charge in [0.2, 0.25) is 5.88 Å². The molecule has 0 aliphatic carbocycles. The minimum atomic E-state index is 0.458. The van der Waals surface area contributed by atoms with Crippen molar-refractivity contribution in [3.8, 4) is 5.88 Å². The summed E-state index contributed by atoms with van der Waals surface area (Å²) in [5.41, 5.74) is 1.29. The molecule has 0 fully saturated rings. The lowest BCUT2D eigenvalue weighted by Crippen LogP contribution is -2.17. The third-order valence-electron chi connectivity index (χ3n) is 2.61. The van der Waals surface area contributed by atoms with E-state index in [0.29, 0.717) is 17.6 Å². The number of aromatic nitrogens is 1. The summed E-state index contributed by atoms with van der Waals surface area (Å²) in [5, 5.41) is 3.83. The van der Waals surface area contributed by atoms with Gasteiger partial charge in [0, 0.05) is 12.6 Å². The van der Waals surface area contributed by atoms with Gasteiger partial charge < -0.3 is 10.1 Å². The quantitative estimate of drug-likeness (QED) is 0.622. The molecule has 0 bridgehead atoms. The predicted octanol–water partition coefficient (Wildman–Crippen LogP) is 3.29. The maximum Gasteiger partial charge on any atom is 0.214 e. The van der Waals surface area contributed by atoms with Crippen LogP contribution in [0.15, 0.2) is 48.5 Å². The van der Waals surface area contributed by atoms with Crippen molar-refractivity contribution in [3.05, 3.63) is 59.2 Å². The standard InChI is InChI=1S/C15H17ClN2O/c16-14-8-4-9-15(18-14)19-11-5-10-17-12-13-6-2-1-3-7-13/h1-4,6-9,17H,5,10-12H2. The third-order valence-corrected chi connectivity index (χ3v) is 2.82. The van der Waals surface area contributed by atoms with Crippen molar-refractivity contribution in [2.75, 3.05) is 13.2 Å². The fourth-order valence-corrected chi connectivity index (χ4v) is 1.83. The molecule has 0 unspecified atom stereocenters. The third kappa shape index (κ3) is 5.28. The van der Waals surface area contributed by atoms with E-state index in [-0.39, 0.29) is 0 Å². The van der Waals surface area contributed by atoms with Gasteiger partial charge in [-0.15, -0.1) is 0 Å². The molecule has 2 rings (SSSR count). The SMILES string of the molecule is Clc1cccc(OCCCNCc2ccccc2)n1. The van der Waals surface area contributed by atoms with Gasteiger partial charge in [0.1, 0.15) is 5.15 Å². The van der Waals surface area contributed by atoms with Gasteiger partial charge in [0.15, 0.2) is 0 Å². The predicted molar refractivity (Wildman–Crippen MR) is 77.5 cm³/mol. The second-order valence-electron chi connectivity index (χ2n) is 4.16. The van der Waals surface area contributed by atoms with Gasteiger partial charge in [0.05, 0.1) is 6.61 Å². The summed E-state index contributed by atoms with van der Waals surface area (Å²) >= 11 is 5.77. The lowest BCUT2D eigenvalue weighted by Gasteiger charge is -2.06. The molecule has 1 N–H and O–H groups in total. The van der Waals surface area contributed by atoms with Crippen molar-refractivity contribution in [2.24, 2.45) is 0 Å². The molecule has 0 saturated heterocycles. The molecule has 0 atom stereocenters. The van der Waals surface area contributed by atoms with Gasteiger partial charge in [-0.2, -0.15) is 0 Å². The second-order valence-corrected chi connectivity index (χ2v) is 4.55. The summed E-state index contributed by atoms with van der Waals surface area (Å²) in [6, 6.07) is 15.7. The van der Waals surface area contributed by atoms with E-state index in [9.17, 15) is 0 Å². The van der Waals surface area contributed by atoms with Crippen molar-refractivity contribution in [1.82, 2.24) is 10.3 Å². The second kappa shape index (κ2) is 7.77. The number of nitrogens with zero attached hydrogens (tertiary/aromatic N) is 1. The molecule has 0 aliphatic rings. The van der Waals surface area contributed by atoms with Crippen LogP contribution in [0.3, 0.4) is 0 Å². The Kier molecular flexibility index (Phi) is 5.66. The van der Waals surface area contributed by atoms with Crippen molar-refractivity contribution in [2.45, 2.75) is 13.0 Å². The minimum Gasteiger partial charge on any atom is -0.478 e. The normalized spacial score (nSPS) is 10.4. The summed E-state index contributed by atoms with van der Waals surface area (Å²) in [4.78, 5) is 4.06. The number of hydrogen-bond acceptors (Lipinski definition) is 3. The molecule has 0 aliphatic heterocycles. The first-order valence-electron chi connectivity index (χ1n) is 6.34. The van der Waals surface area contributed by atoms with Crippen molar-refractivity contribution in [3.63, 3.8) is 0 Å². The monoisotopic (exact) mass is 276 g/mol. The lowest BCUT2D eigenvalue weighted by atomic mass is 10.2. The van der Waals surface area contributed by atoms with E-state index in [1.165, 1.54) is 5.56 Å². The number of nitrogens with one attached hydrogen (secondary N) is 1. The molecule has 1 aromatic carbocycles. The van der Waals surface area contributed by atoms with Gasteiger partial charge >= 0.3 is 0 Å². The van der Waals surface area contributed by atoms with Crippen LogP contribution < -0.4 is 10.1 Å². The van der Waals surface area contributed by atoms with Gasteiger partial charge in [-0.3, -0.25) is 0 Å². The highest BCUT2D eigenvalue weighted by atomic mass is 35.5. The number of ether oxygens (including phenoxy) is 1.